The van der Waals surface area contributed by atoms with Gasteiger partial charge in [0.05, 0.1) is 18.0 Å². The minimum atomic E-state index is -0.420. The molecule has 0 saturated carbocycles. The van der Waals surface area contributed by atoms with E-state index in [1.807, 2.05) is 24.3 Å². The van der Waals surface area contributed by atoms with Gasteiger partial charge in [-0.2, -0.15) is 0 Å². The average Bonchev–Trinajstić information content (AvgIpc) is 3.10. The molecule has 27 heavy (non-hydrogen) atoms. The Morgan fingerprint density at radius 1 is 1.33 bits per heavy atom. The second kappa shape index (κ2) is 8.77. The predicted octanol–water partition coefficient (Wildman–Crippen LogP) is 5.02. The number of carbonyl (C=O) groups excluding carboxylic acids is 1. The van der Waals surface area contributed by atoms with Crippen LogP contribution in [0.3, 0.4) is 0 Å². The van der Waals surface area contributed by atoms with E-state index >= 15 is 0 Å². The molecule has 1 aromatic heterocycles. The van der Waals surface area contributed by atoms with Crippen molar-refractivity contribution < 1.29 is 9.53 Å². The van der Waals surface area contributed by atoms with Gasteiger partial charge >= 0.3 is 0 Å². The number of benzene rings is 2. The maximum absolute atomic E-state index is 12.5. The number of ether oxygens (including phenoxy) is 1. The molecule has 1 amide bonds. The molecule has 1 atom stereocenters. The lowest BCUT2D eigenvalue weighted by atomic mass is 10.2. The number of anilines is 1. The summed E-state index contributed by atoms with van der Waals surface area (Å²) in [5, 5.41) is 10.5. The van der Waals surface area contributed by atoms with E-state index in [9.17, 15) is 4.79 Å². The van der Waals surface area contributed by atoms with E-state index < -0.39 is 5.25 Å². The lowest BCUT2D eigenvalue weighted by Gasteiger charge is -2.13. The summed E-state index contributed by atoms with van der Waals surface area (Å²) in [7, 11) is 1.54. The number of nitrogens with zero attached hydrogens (tertiary/aromatic N) is 2. The topological polar surface area (TPSA) is 79.9 Å². The number of hydrogen-bond donors (Lipinski definition) is 2. The highest BCUT2D eigenvalue weighted by Crippen LogP contribution is 2.30. The zero-order valence-corrected chi connectivity index (χ0v) is 17.7. The van der Waals surface area contributed by atoms with Crippen LogP contribution in [0.15, 0.2) is 52.1 Å². The number of nitrogens with one attached hydrogen (secondary N) is 2. The number of hydrogen-bond acceptors (Lipinski definition) is 5. The van der Waals surface area contributed by atoms with Gasteiger partial charge in [0, 0.05) is 15.1 Å². The van der Waals surface area contributed by atoms with Gasteiger partial charge in [-0.3, -0.25) is 9.89 Å². The highest BCUT2D eigenvalue weighted by atomic mass is 79.9. The van der Waals surface area contributed by atoms with E-state index in [0.29, 0.717) is 27.4 Å². The van der Waals surface area contributed by atoms with Crippen LogP contribution in [0, 0.1) is 0 Å². The van der Waals surface area contributed by atoms with Crippen molar-refractivity contribution in [1.29, 1.82) is 0 Å². The fourth-order valence-corrected chi connectivity index (χ4v) is 3.67. The largest absolute Gasteiger partial charge is 0.495 e. The highest BCUT2D eigenvalue weighted by Gasteiger charge is 2.19. The molecule has 0 aliphatic rings. The van der Waals surface area contributed by atoms with Gasteiger partial charge in [-0.05, 0) is 31.2 Å². The van der Waals surface area contributed by atoms with E-state index in [0.717, 1.165) is 10.0 Å². The Morgan fingerprint density at radius 3 is 2.85 bits per heavy atom. The fourth-order valence-electron chi connectivity index (χ4n) is 2.30. The van der Waals surface area contributed by atoms with Crippen molar-refractivity contribution in [3.05, 3.63) is 52.0 Å². The minimum Gasteiger partial charge on any atom is -0.495 e. The number of amides is 1. The van der Waals surface area contributed by atoms with Crippen molar-refractivity contribution in [2.75, 3.05) is 12.4 Å². The van der Waals surface area contributed by atoms with Crippen molar-refractivity contribution in [1.82, 2.24) is 15.2 Å². The Labute approximate surface area is 174 Å². The van der Waals surface area contributed by atoms with Crippen LogP contribution >= 0.6 is 39.3 Å². The Kier molecular flexibility index (Phi) is 6.41. The van der Waals surface area contributed by atoms with Crippen molar-refractivity contribution in [2.24, 2.45) is 0 Å². The third-order valence-corrected chi connectivity index (χ3v) is 5.55. The lowest BCUT2D eigenvalue weighted by molar-refractivity contribution is -0.115. The molecule has 0 spiro atoms. The normalized spacial score (nSPS) is 11.9. The first-order valence-electron chi connectivity index (χ1n) is 7.96. The molecule has 3 rings (SSSR count). The zero-order valence-electron chi connectivity index (χ0n) is 14.5. The molecule has 2 N–H and O–H groups in total. The Balaban J connectivity index is 1.69. The van der Waals surface area contributed by atoms with E-state index in [4.69, 9.17) is 16.3 Å². The van der Waals surface area contributed by atoms with Crippen molar-refractivity contribution in [2.45, 2.75) is 17.3 Å². The molecule has 1 unspecified atom stereocenters. The van der Waals surface area contributed by atoms with Gasteiger partial charge in [0.25, 0.3) is 0 Å². The number of aromatic amines is 1. The lowest BCUT2D eigenvalue weighted by Crippen LogP contribution is -2.22. The van der Waals surface area contributed by atoms with Gasteiger partial charge in [-0.25, -0.2) is 4.98 Å². The number of aromatic nitrogens is 3. The van der Waals surface area contributed by atoms with Crippen LogP contribution in [0.4, 0.5) is 5.69 Å². The molecule has 0 radical (unpaired) electrons. The van der Waals surface area contributed by atoms with E-state index in [1.54, 1.807) is 25.1 Å². The summed E-state index contributed by atoms with van der Waals surface area (Å²) in [5.41, 5.74) is 1.42. The Bertz CT molecular complexity index is 966. The first-order chi connectivity index (χ1) is 13.0. The fraction of sp³-hybridized carbons (Fsp3) is 0.167. The molecule has 1 heterocycles. The molecule has 3 aromatic rings. The Hall–Kier alpha value is -2.03. The molecule has 0 aliphatic heterocycles. The SMILES string of the molecule is COc1ccc(Cl)cc1NC(=O)C(C)Sc1n[nH]c(-c2ccccc2Br)n1. The van der Waals surface area contributed by atoms with E-state index in [1.165, 1.54) is 18.9 Å². The third kappa shape index (κ3) is 4.82. The number of methoxy groups -OCH3 is 1. The van der Waals surface area contributed by atoms with E-state index in [2.05, 4.69) is 36.4 Å². The molecule has 0 aliphatic carbocycles. The standard InChI is InChI=1S/C18H16BrClN4O2S/c1-10(17(25)21-14-9-11(20)7-8-15(14)26-2)27-18-22-16(23-24-18)12-5-3-4-6-13(12)19/h3-10H,1-2H3,(H,21,25)(H,22,23,24). The van der Waals surface area contributed by atoms with Crippen LogP contribution in [0.5, 0.6) is 5.75 Å². The summed E-state index contributed by atoms with van der Waals surface area (Å²) in [5.74, 6) is 0.973. The van der Waals surface area contributed by atoms with Gasteiger partial charge < -0.3 is 10.1 Å². The molecule has 0 saturated heterocycles. The maximum Gasteiger partial charge on any atom is 0.237 e. The van der Waals surface area contributed by atoms with Crippen LogP contribution in [-0.2, 0) is 4.79 Å². The predicted molar refractivity (Wildman–Crippen MR) is 111 cm³/mol. The summed E-state index contributed by atoms with van der Waals surface area (Å²) < 4.78 is 6.16. The average molecular weight is 468 g/mol. The molecule has 0 fully saturated rings. The first-order valence-corrected chi connectivity index (χ1v) is 10.0. The molecular weight excluding hydrogens is 452 g/mol. The van der Waals surface area contributed by atoms with Crippen molar-refractivity contribution >= 4 is 50.9 Å². The van der Waals surface area contributed by atoms with Crippen LogP contribution in [-0.4, -0.2) is 33.4 Å². The molecule has 140 valence electrons. The molecule has 0 bridgehead atoms. The number of carbonyl (C=O) groups is 1. The highest BCUT2D eigenvalue weighted by molar-refractivity contribution is 9.10. The van der Waals surface area contributed by atoms with Crippen LogP contribution in [0.1, 0.15) is 6.92 Å². The first kappa shape index (κ1) is 19.7. The van der Waals surface area contributed by atoms with Crippen LogP contribution < -0.4 is 10.1 Å². The third-order valence-electron chi connectivity index (χ3n) is 3.66. The summed E-state index contributed by atoms with van der Waals surface area (Å²) in [6, 6.07) is 12.8. The van der Waals surface area contributed by atoms with Gasteiger partial charge in [0.1, 0.15) is 5.75 Å². The number of rotatable bonds is 6. The van der Waals surface area contributed by atoms with Crippen LogP contribution in [0.2, 0.25) is 5.02 Å². The second-order valence-corrected chi connectivity index (χ2v) is 8.14. The maximum atomic E-state index is 12.5. The molecular formula is C18H16BrClN4O2S. The van der Waals surface area contributed by atoms with Gasteiger partial charge in [-0.15, -0.1) is 5.10 Å². The van der Waals surface area contributed by atoms with E-state index in [-0.39, 0.29) is 5.91 Å². The summed E-state index contributed by atoms with van der Waals surface area (Å²) in [4.78, 5) is 17.0. The number of thioether (sulfide) groups is 1. The molecule has 2 aromatic carbocycles. The second-order valence-electron chi connectivity index (χ2n) is 5.54. The number of H-pyrrole nitrogens is 1. The summed E-state index contributed by atoms with van der Waals surface area (Å²) in [6.07, 6.45) is 0. The van der Waals surface area contributed by atoms with Crippen molar-refractivity contribution in [3.8, 4) is 17.1 Å². The van der Waals surface area contributed by atoms with Gasteiger partial charge in [-0.1, -0.05) is 57.5 Å². The smallest absolute Gasteiger partial charge is 0.237 e. The summed E-state index contributed by atoms with van der Waals surface area (Å²) >= 11 is 10.7. The Morgan fingerprint density at radius 2 is 2.11 bits per heavy atom. The zero-order chi connectivity index (χ0) is 19.4. The van der Waals surface area contributed by atoms with Crippen LogP contribution in [0.25, 0.3) is 11.4 Å². The van der Waals surface area contributed by atoms with Gasteiger partial charge in [0.15, 0.2) is 5.82 Å². The molecule has 6 nitrogen and oxygen atoms in total. The summed E-state index contributed by atoms with van der Waals surface area (Å²) in [6.45, 7) is 1.78. The van der Waals surface area contributed by atoms with Crippen molar-refractivity contribution in [3.63, 3.8) is 0 Å². The molecule has 9 heteroatoms. The number of halogens is 2. The monoisotopic (exact) mass is 466 g/mol. The van der Waals surface area contributed by atoms with Gasteiger partial charge in [0.2, 0.25) is 11.1 Å². The quantitative estimate of drug-likeness (QED) is 0.498. The minimum absolute atomic E-state index is 0.201.